The summed E-state index contributed by atoms with van der Waals surface area (Å²) in [6, 6.07) is 0. The zero-order chi connectivity index (χ0) is 34.7. The molecule has 11 nitrogen and oxygen atoms in total. The van der Waals surface area contributed by atoms with Crippen LogP contribution in [-0.4, -0.2) is 109 Å². The standard InChI is InChI=1S/C36H58O11/c1-31(2)9-11-36(30(45)47-29-27(43)26(42)25(41)21(16-37)46-29)12-10-34(5)18(19(36)14-31)7-8-22-32(3)15-20(39)28(44)33(4,17-38)23(32)13-24(40)35(22,34)6/h7,19-29,37-44H,8-17H2,1-6H3. The molecule has 6 rings (SSSR count). The molecule has 16 atom stereocenters. The van der Waals surface area contributed by atoms with Crippen molar-refractivity contribution in [2.24, 2.45) is 50.2 Å². The van der Waals surface area contributed by atoms with E-state index in [9.17, 15) is 45.6 Å². The van der Waals surface area contributed by atoms with Crippen molar-refractivity contribution >= 4 is 5.97 Å². The Kier molecular flexibility index (Phi) is 8.68. The molecule has 8 N–H and O–H groups in total. The van der Waals surface area contributed by atoms with Crippen LogP contribution in [0.25, 0.3) is 0 Å². The molecule has 0 aromatic carbocycles. The molecule has 1 saturated heterocycles. The number of aliphatic hydroxyl groups is 8. The quantitative estimate of drug-likeness (QED) is 0.160. The number of aliphatic hydroxyl groups excluding tert-OH is 8. The second-order valence-corrected chi connectivity index (χ2v) is 17.9. The first-order valence-electron chi connectivity index (χ1n) is 17.6. The lowest BCUT2D eigenvalue weighted by atomic mass is 9.32. The van der Waals surface area contributed by atoms with E-state index in [0.717, 1.165) is 12.0 Å². The van der Waals surface area contributed by atoms with E-state index in [4.69, 9.17) is 9.47 Å². The summed E-state index contributed by atoms with van der Waals surface area (Å²) in [5.74, 6) is -1.03. The monoisotopic (exact) mass is 666 g/mol. The predicted molar refractivity (Wildman–Crippen MR) is 169 cm³/mol. The number of ether oxygens (including phenoxy) is 2. The number of carbonyl (C=O) groups is 1. The number of hydrogen-bond donors (Lipinski definition) is 8. The molecule has 6 aliphatic rings. The molecular formula is C36H58O11. The maximum atomic E-state index is 14.4. The van der Waals surface area contributed by atoms with Crippen LogP contribution in [-0.2, 0) is 14.3 Å². The fraction of sp³-hybridized carbons (Fsp3) is 0.917. The van der Waals surface area contributed by atoms with E-state index < -0.39 is 88.7 Å². The minimum Gasteiger partial charge on any atom is -0.432 e. The fourth-order valence-corrected chi connectivity index (χ4v) is 12.1. The maximum Gasteiger partial charge on any atom is 0.315 e. The van der Waals surface area contributed by atoms with Gasteiger partial charge in [0.25, 0.3) is 0 Å². The van der Waals surface area contributed by atoms with Gasteiger partial charge in [-0.2, -0.15) is 0 Å². The third kappa shape index (κ3) is 4.74. The van der Waals surface area contributed by atoms with Crippen LogP contribution in [0.3, 0.4) is 0 Å². The van der Waals surface area contributed by atoms with E-state index in [-0.39, 0.29) is 29.8 Å². The van der Waals surface area contributed by atoms with Gasteiger partial charge in [-0.05, 0) is 85.4 Å². The fourth-order valence-electron chi connectivity index (χ4n) is 12.1. The van der Waals surface area contributed by atoms with Crippen LogP contribution in [0.15, 0.2) is 11.6 Å². The van der Waals surface area contributed by atoms with E-state index in [2.05, 4.69) is 40.7 Å². The molecule has 47 heavy (non-hydrogen) atoms. The molecule has 4 saturated carbocycles. The smallest absolute Gasteiger partial charge is 0.315 e. The third-order valence-electron chi connectivity index (χ3n) is 15.3. The normalized spacial score (nSPS) is 55.4. The number of hydrogen-bond acceptors (Lipinski definition) is 11. The van der Waals surface area contributed by atoms with Crippen molar-refractivity contribution in [1.29, 1.82) is 0 Å². The Morgan fingerprint density at radius 1 is 0.872 bits per heavy atom. The molecule has 1 aliphatic heterocycles. The van der Waals surface area contributed by atoms with Gasteiger partial charge >= 0.3 is 5.97 Å². The molecule has 0 radical (unpaired) electrons. The number of esters is 1. The first kappa shape index (κ1) is 35.7. The first-order chi connectivity index (χ1) is 21.8. The Hall–Kier alpha value is -1.15. The number of fused-ring (bicyclic) bond motifs is 7. The summed E-state index contributed by atoms with van der Waals surface area (Å²) in [5, 5.41) is 86.0. The van der Waals surface area contributed by atoms with Gasteiger partial charge < -0.3 is 50.3 Å². The van der Waals surface area contributed by atoms with Crippen LogP contribution in [0, 0.1) is 50.2 Å². The van der Waals surface area contributed by atoms with E-state index in [1.165, 1.54) is 0 Å². The molecule has 0 aromatic heterocycles. The Morgan fingerprint density at radius 2 is 1.53 bits per heavy atom. The summed E-state index contributed by atoms with van der Waals surface area (Å²) < 4.78 is 11.5. The Balaban J connectivity index is 1.39. The van der Waals surface area contributed by atoms with Crippen molar-refractivity contribution in [2.75, 3.05) is 13.2 Å². The Morgan fingerprint density at radius 3 is 2.17 bits per heavy atom. The maximum absolute atomic E-state index is 14.4. The van der Waals surface area contributed by atoms with Crippen molar-refractivity contribution < 1.29 is 55.1 Å². The highest BCUT2D eigenvalue weighted by Gasteiger charge is 2.73. The summed E-state index contributed by atoms with van der Waals surface area (Å²) in [6.45, 7) is 11.8. The third-order valence-corrected chi connectivity index (χ3v) is 15.3. The van der Waals surface area contributed by atoms with Crippen molar-refractivity contribution in [3.8, 4) is 0 Å². The van der Waals surface area contributed by atoms with Crippen LogP contribution in [0.1, 0.15) is 92.9 Å². The number of carbonyl (C=O) groups excluding carboxylic acids is 1. The number of rotatable bonds is 4. The van der Waals surface area contributed by atoms with Gasteiger partial charge in [0.1, 0.15) is 24.4 Å². The topological polar surface area (TPSA) is 197 Å². The van der Waals surface area contributed by atoms with Crippen molar-refractivity contribution in [1.82, 2.24) is 0 Å². The molecule has 0 aromatic rings. The molecule has 0 spiro atoms. The second kappa shape index (κ2) is 11.4. The summed E-state index contributed by atoms with van der Waals surface area (Å²) in [6.07, 6.45) is -3.76. The molecule has 1 heterocycles. The van der Waals surface area contributed by atoms with Crippen LogP contribution in [0.4, 0.5) is 0 Å². The van der Waals surface area contributed by atoms with Gasteiger partial charge in [-0.1, -0.05) is 53.2 Å². The molecule has 5 aliphatic carbocycles. The minimum atomic E-state index is -1.69. The average molecular weight is 667 g/mol. The van der Waals surface area contributed by atoms with Crippen LogP contribution < -0.4 is 0 Å². The highest BCUT2D eigenvalue weighted by molar-refractivity contribution is 5.79. The lowest BCUT2D eigenvalue weighted by molar-refractivity contribution is -0.298. The van der Waals surface area contributed by atoms with Gasteiger partial charge in [0.15, 0.2) is 0 Å². The van der Waals surface area contributed by atoms with E-state index in [1.54, 1.807) is 0 Å². The molecule has 0 bridgehead atoms. The zero-order valence-corrected chi connectivity index (χ0v) is 28.8. The van der Waals surface area contributed by atoms with E-state index in [0.29, 0.717) is 44.9 Å². The molecular weight excluding hydrogens is 608 g/mol. The first-order valence-corrected chi connectivity index (χ1v) is 17.6. The molecule has 268 valence electrons. The van der Waals surface area contributed by atoms with Crippen molar-refractivity contribution in [2.45, 2.75) is 142 Å². The van der Waals surface area contributed by atoms with Crippen molar-refractivity contribution in [3.63, 3.8) is 0 Å². The van der Waals surface area contributed by atoms with Gasteiger partial charge in [-0.15, -0.1) is 0 Å². The van der Waals surface area contributed by atoms with Crippen molar-refractivity contribution in [3.05, 3.63) is 11.6 Å². The van der Waals surface area contributed by atoms with Gasteiger partial charge in [0.05, 0.1) is 36.9 Å². The van der Waals surface area contributed by atoms with Crippen LogP contribution >= 0.6 is 0 Å². The molecule has 11 heteroatoms. The SMILES string of the molecule is CC1(C)CCC2(C(=O)OC3OC(CO)C(O)C(O)C3O)CCC3(C)C(=CCC4C5(C)CC(O)C(O)C(C)(CO)C5CC(O)C43C)C2C1. The highest BCUT2D eigenvalue weighted by atomic mass is 16.7. The highest BCUT2D eigenvalue weighted by Crippen LogP contribution is 2.75. The van der Waals surface area contributed by atoms with Gasteiger partial charge in [-0.3, -0.25) is 4.79 Å². The lowest BCUT2D eigenvalue weighted by Gasteiger charge is -2.72. The number of allylic oxidation sites excluding steroid dienone is 2. The van der Waals surface area contributed by atoms with E-state index in [1.807, 2.05) is 6.92 Å². The van der Waals surface area contributed by atoms with Crippen LogP contribution in [0.2, 0.25) is 0 Å². The van der Waals surface area contributed by atoms with E-state index >= 15 is 0 Å². The molecule has 5 fully saturated rings. The molecule has 16 unspecified atom stereocenters. The largest absolute Gasteiger partial charge is 0.432 e. The Labute approximate surface area is 278 Å². The van der Waals surface area contributed by atoms with Gasteiger partial charge in [0, 0.05) is 10.8 Å². The summed E-state index contributed by atoms with van der Waals surface area (Å²) in [7, 11) is 0. The van der Waals surface area contributed by atoms with Gasteiger partial charge in [-0.25, -0.2) is 0 Å². The summed E-state index contributed by atoms with van der Waals surface area (Å²) in [4.78, 5) is 14.4. The summed E-state index contributed by atoms with van der Waals surface area (Å²) >= 11 is 0. The van der Waals surface area contributed by atoms with Crippen LogP contribution in [0.5, 0.6) is 0 Å². The Bertz CT molecular complexity index is 1270. The predicted octanol–water partition coefficient (Wildman–Crippen LogP) is 1.41. The lowest BCUT2D eigenvalue weighted by Crippen LogP contribution is -2.71. The molecule has 0 amide bonds. The second-order valence-electron chi connectivity index (χ2n) is 17.9. The minimum absolute atomic E-state index is 0.0595. The summed E-state index contributed by atoms with van der Waals surface area (Å²) in [5.41, 5.74) is -2.47. The van der Waals surface area contributed by atoms with Gasteiger partial charge in [0.2, 0.25) is 6.29 Å². The zero-order valence-electron chi connectivity index (χ0n) is 28.8. The average Bonchev–Trinajstić information content (AvgIpc) is 3.01.